The fourth-order valence-electron chi connectivity index (χ4n) is 4.71. The van der Waals surface area contributed by atoms with Crippen LogP contribution in [0.4, 0.5) is 28.4 Å². The lowest BCUT2D eigenvalue weighted by Crippen LogP contribution is -2.17. The van der Waals surface area contributed by atoms with Crippen molar-refractivity contribution in [1.82, 2.24) is 4.98 Å². The highest BCUT2D eigenvalue weighted by Crippen LogP contribution is 2.55. The summed E-state index contributed by atoms with van der Waals surface area (Å²) in [5.74, 6) is -0.874. The second-order valence-electron chi connectivity index (χ2n) is 9.83. The number of anilines is 4. The first-order chi connectivity index (χ1) is 21.8. The fourth-order valence-corrected chi connectivity index (χ4v) is 6.74. The molecule has 16 nitrogen and oxygen atoms in total. The molecule has 0 atom stereocenters. The summed E-state index contributed by atoms with van der Waals surface area (Å²) in [5, 5.41) is 2.35. The Morgan fingerprint density at radius 2 is 1.51 bits per heavy atom. The lowest BCUT2D eigenvalue weighted by Gasteiger charge is -2.26. The molecule has 0 fully saturated rings. The molecule has 21 heteroatoms. The van der Waals surface area contributed by atoms with E-state index < -0.39 is 40.6 Å². The summed E-state index contributed by atoms with van der Waals surface area (Å²) in [6, 6.07) is 8.69. The van der Waals surface area contributed by atoms with E-state index in [-0.39, 0.29) is 66.5 Å². The quantitative estimate of drug-likeness (QED) is 0.0942. The van der Waals surface area contributed by atoms with E-state index in [4.69, 9.17) is 56.4 Å². The number of rotatable bonds is 3. The molecule has 0 unspecified atom stereocenters. The van der Waals surface area contributed by atoms with Crippen LogP contribution in [0.1, 0.15) is 11.1 Å². The number of fused-ring (bicyclic) bond motifs is 4. The highest BCUT2D eigenvalue weighted by molar-refractivity contribution is 7.86. The second-order valence-corrected chi connectivity index (χ2v) is 13.7. The molecular formula is C26H19Cl2N5O11S3. The monoisotopic (exact) mass is 743 g/mol. The molecule has 246 valence electrons. The van der Waals surface area contributed by atoms with Crippen molar-refractivity contribution in [3.63, 3.8) is 0 Å². The molecule has 47 heavy (non-hydrogen) atoms. The summed E-state index contributed by atoms with van der Waals surface area (Å²) in [6.45, 7) is 3.58. The van der Waals surface area contributed by atoms with Gasteiger partial charge in [0.15, 0.2) is 32.6 Å². The van der Waals surface area contributed by atoms with Gasteiger partial charge in [-0.1, -0.05) is 29.3 Å². The zero-order valence-corrected chi connectivity index (χ0v) is 27.5. The molecule has 3 aromatic carbocycles. The van der Waals surface area contributed by atoms with Crippen molar-refractivity contribution in [3.8, 4) is 23.0 Å². The largest absolute Gasteiger partial charge is 0.450 e. The van der Waals surface area contributed by atoms with Gasteiger partial charge in [0.05, 0.1) is 22.4 Å². The van der Waals surface area contributed by atoms with E-state index in [1.165, 1.54) is 24.3 Å². The number of halogens is 2. The van der Waals surface area contributed by atoms with E-state index in [0.717, 1.165) is 5.56 Å². The van der Waals surface area contributed by atoms with Crippen LogP contribution in [-0.2, 0) is 30.8 Å². The Hall–Kier alpha value is -4.50. The standard InChI is InChI=1S/C26H19Cl2N5O8S2.O3S/c1-9-7-10(2)16(8-12(9)30)31-15-6-5-14-22(26(15)43(37,38)39)41-24-18(28)19-23(17(27)20(24)33-14)40-21-13(32-19)4-3-11(29)25(21)42(34,35)36;1-4(2)3/h3-8,32H,29-30H2,1-2H3,(H,34,35,36)(H,37,38,39);. The van der Waals surface area contributed by atoms with Gasteiger partial charge in [-0.3, -0.25) is 9.11 Å². The zero-order valence-electron chi connectivity index (χ0n) is 23.6. The molecule has 0 saturated heterocycles. The van der Waals surface area contributed by atoms with E-state index in [0.29, 0.717) is 16.9 Å². The lowest BCUT2D eigenvalue weighted by atomic mass is 10.1. The average molecular weight is 745 g/mol. The molecule has 0 amide bonds. The topological polar surface area (TPSA) is 272 Å². The number of nitrogen functional groups attached to an aromatic ring is 2. The fraction of sp³-hybridized carbons (Fsp3) is 0.0769. The number of aryl methyl sites for hydroxylation is 2. The van der Waals surface area contributed by atoms with Gasteiger partial charge in [-0.2, -0.15) is 16.8 Å². The molecule has 6 rings (SSSR count). The third-order valence-corrected chi connectivity index (χ3v) is 9.28. The molecule has 0 bridgehead atoms. The van der Waals surface area contributed by atoms with Crippen molar-refractivity contribution in [3.05, 3.63) is 62.9 Å². The summed E-state index contributed by atoms with van der Waals surface area (Å²) in [6.07, 6.45) is 0. The Kier molecular flexibility index (Phi) is 8.60. The van der Waals surface area contributed by atoms with Crippen LogP contribution in [0.25, 0.3) is 22.6 Å². The maximum Gasteiger partial charge on any atom is 0.425 e. The Balaban J connectivity index is 0.00000103. The van der Waals surface area contributed by atoms with Crippen molar-refractivity contribution in [2.75, 3.05) is 16.8 Å². The van der Waals surface area contributed by atoms with Gasteiger partial charge in [-0.15, -0.1) is 12.6 Å². The van der Waals surface area contributed by atoms with Crippen molar-refractivity contribution < 1.29 is 47.7 Å². The summed E-state index contributed by atoms with van der Waals surface area (Å²) < 4.78 is 107. The molecule has 3 aliphatic rings. The van der Waals surface area contributed by atoms with Gasteiger partial charge in [-0.05, 0) is 55.3 Å². The number of benzene rings is 4. The first kappa shape index (κ1) is 33.9. The second kappa shape index (κ2) is 11.9. The van der Waals surface area contributed by atoms with Gasteiger partial charge >= 0.3 is 20.7 Å². The minimum atomic E-state index is -4.95. The molecule has 2 heterocycles. The molecule has 0 radical (unpaired) electrons. The Labute approximate surface area is 276 Å². The van der Waals surface area contributed by atoms with Crippen molar-refractivity contribution >= 4 is 93.6 Å². The van der Waals surface area contributed by atoms with E-state index >= 15 is 0 Å². The number of aromatic nitrogens is 1. The van der Waals surface area contributed by atoms with Gasteiger partial charge in [0.1, 0.15) is 26.9 Å². The van der Waals surface area contributed by atoms with Crippen LogP contribution < -0.4 is 26.9 Å². The summed E-state index contributed by atoms with van der Waals surface area (Å²) >= 11 is 13.3. The SMILES string of the molecule is Cc1cc(C)c(N=c2ccc3nc4c(Cl)c5c(c(Cl)c4oc-3c2S(=O)(=O)O)Nc2ccc(N)c(S(=O)(=O)O)c2O5)cc1N.O=S(=O)=O. The van der Waals surface area contributed by atoms with Crippen LogP contribution in [0, 0.1) is 13.8 Å². The van der Waals surface area contributed by atoms with E-state index in [9.17, 15) is 25.9 Å². The number of hydrogen-bond acceptors (Lipinski definition) is 14. The Morgan fingerprint density at radius 3 is 2.13 bits per heavy atom. The maximum atomic E-state index is 12.7. The molecule has 0 aromatic heterocycles. The number of hydrogen-bond donors (Lipinski definition) is 5. The smallest absolute Gasteiger partial charge is 0.425 e. The summed E-state index contributed by atoms with van der Waals surface area (Å²) in [5.41, 5.74) is 13.6. The van der Waals surface area contributed by atoms with Crippen LogP contribution >= 0.6 is 23.2 Å². The Morgan fingerprint density at radius 1 is 0.872 bits per heavy atom. The molecule has 0 saturated carbocycles. The Bertz CT molecular complexity index is 2550. The normalized spacial score (nSPS) is 12.9. The zero-order chi connectivity index (χ0) is 34.7. The molecule has 1 aliphatic carbocycles. The van der Waals surface area contributed by atoms with Crippen LogP contribution in [-0.4, -0.2) is 43.6 Å². The molecule has 2 aliphatic heterocycles. The minimum absolute atomic E-state index is 0.0163. The van der Waals surface area contributed by atoms with Crippen molar-refractivity contribution in [1.29, 1.82) is 0 Å². The molecule has 3 aromatic rings. The van der Waals surface area contributed by atoms with Gasteiger partial charge in [0, 0.05) is 5.69 Å². The summed E-state index contributed by atoms with van der Waals surface area (Å²) in [7, 11) is -12.9. The highest BCUT2D eigenvalue weighted by atomic mass is 35.5. The van der Waals surface area contributed by atoms with Crippen molar-refractivity contribution in [2.45, 2.75) is 23.6 Å². The van der Waals surface area contributed by atoms with Crippen LogP contribution in [0.5, 0.6) is 11.5 Å². The van der Waals surface area contributed by atoms with Crippen molar-refractivity contribution in [2.24, 2.45) is 4.99 Å². The molecular weight excluding hydrogens is 725 g/mol. The lowest BCUT2D eigenvalue weighted by molar-refractivity contribution is 0.450. The predicted molar refractivity (Wildman–Crippen MR) is 170 cm³/mol. The van der Waals surface area contributed by atoms with Gasteiger partial charge in [0.25, 0.3) is 10.1 Å². The first-order valence-electron chi connectivity index (χ1n) is 12.6. The average Bonchev–Trinajstić information content (AvgIpc) is 2.95. The predicted octanol–water partition coefficient (Wildman–Crippen LogP) is 4.59. The highest BCUT2D eigenvalue weighted by Gasteiger charge is 2.34. The number of nitrogens with one attached hydrogen (secondary N) is 1. The minimum Gasteiger partial charge on any atom is -0.450 e. The summed E-state index contributed by atoms with van der Waals surface area (Å²) in [4.78, 5) is 7.48. The molecule has 7 N–H and O–H groups in total. The van der Waals surface area contributed by atoms with Crippen LogP contribution in [0.2, 0.25) is 10.0 Å². The van der Waals surface area contributed by atoms with Gasteiger partial charge < -0.3 is 25.9 Å². The van der Waals surface area contributed by atoms with E-state index in [1.807, 2.05) is 6.92 Å². The number of nitrogens with two attached hydrogens (primary N) is 2. The third-order valence-electron chi connectivity index (χ3n) is 6.72. The van der Waals surface area contributed by atoms with Crippen LogP contribution in [0.15, 0.2) is 55.6 Å². The van der Waals surface area contributed by atoms with Gasteiger partial charge in [-0.25, -0.2) is 9.98 Å². The maximum absolute atomic E-state index is 12.7. The third kappa shape index (κ3) is 6.29. The van der Waals surface area contributed by atoms with E-state index in [1.54, 1.807) is 19.1 Å². The first-order valence-corrected chi connectivity index (χ1v) is 17.2. The van der Waals surface area contributed by atoms with Gasteiger partial charge in [0.2, 0.25) is 0 Å². The molecule has 0 spiro atoms. The number of ether oxygens (including phenoxy) is 1. The number of nitrogens with zero attached hydrogens (tertiary/aromatic N) is 2. The van der Waals surface area contributed by atoms with E-state index in [2.05, 4.69) is 15.3 Å². The van der Waals surface area contributed by atoms with Crippen LogP contribution in [0.3, 0.4) is 0 Å².